The van der Waals surface area contributed by atoms with Crippen LogP contribution < -0.4 is 10.6 Å². The number of aromatic amines is 2. The molecule has 0 radical (unpaired) electrons. The number of H-pyrrole nitrogens is 2. The van der Waals surface area contributed by atoms with Gasteiger partial charge in [-0.25, -0.2) is 9.97 Å². The van der Waals surface area contributed by atoms with E-state index in [-0.39, 0.29) is 36.0 Å². The molecule has 2 fully saturated rings. The van der Waals surface area contributed by atoms with Gasteiger partial charge in [-0.1, -0.05) is 136 Å². The maximum atomic E-state index is 14.1. The molecule has 2 amide bonds. The summed E-state index contributed by atoms with van der Waals surface area (Å²) >= 11 is 0. The van der Waals surface area contributed by atoms with Crippen molar-refractivity contribution in [3.8, 4) is 33.6 Å². The Hall–Kier alpha value is -5.84. The molecule has 60 heavy (non-hydrogen) atoms. The Balaban J connectivity index is 0.916. The topological polar surface area (TPSA) is 122 Å². The summed E-state index contributed by atoms with van der Waals surface area (Å²) in [6.45, 7) is 7.38. The highest BCUT2D eigenvalue weighted by molar-refractivity contribution is 5.85. The minimum atomic E-state index is -0.373. The van der Waals surface area contributed by atoms with Gasteiger partial charge in [0.2, 0.25) is 11.8 Å². The first-order valence-electron chi connectivity index (χ1n) is 22.0. The second-order valence-electron chi connectivity index (χ2n) is 16.2. The van der Waals surface area contributed by atoms with Gasteiger partial charge in [-0.3, -0.25) is 9.59 Å². The molecule has 4 heterocycles. The lowest BCUT2D eigenvalue weighted by molar-refractivity contribution is -0.135. The number of unbranched alkanes of at least 4 members (excludes halogenated alkanes) is 2. The summed E-state index contributed by atoms with van der Waals surface area (Å²) in [5.41, 5.74) is 8.20. The largest absolute Gasteiger partial charge is 0.340 e. The summed E-state index contributed by atoms with van der Waals surface area (Å²) in [6.07, 6.45) is 11.6. The van der Waals surface area contributed by atoms with E-state index >= 15 is 0 Å². The van der Waals surface area contributed by atoms with Crippen molar-refractivity contribution in [3.05, 3.63) is 144 Å². The minimum Gasteiger partial charge on any atom is -0.340 e. The van der Waals surface area contributed by atoms with Crippen LogP contribution in [0.15, 0.2) is 122 Å². The first-order chi connectivity index (χ1) is 29.5. The molecule has 2 aliphatic rings. The lowest BCUT2D eigenvalue weighted by atomic mass is 10.0. The van der Waals surface area contributed by atoms with Gasteiger partial charge in [0, 0.05) is 13.1 Å². The van der Waals surface area contributed by atoms with Crippen molar-refractivity contribution < 1.29 is 9.59 Å². The molecule has 8 rings (SSSR count). The third-order valence-corrected chi connectivity index (χ3v) is 12.1. The predicted molar refractivity (Wildman–Crippen MR) is 239 cm³/mol. The molecule has 0 spiro atoms. The van der Waals surface area contributed by atoms with E-state index in [0.29, 0.717) is 0 Å². The Kier molecular flexibility index (Phi) is 13.3. The molecular weight excluding hydrogens is 745 g/mol. The van der Waals surface area contributed by atoms with Crippen LogP contribution in [0.2, 0.25) is 0 Å². The Bertz CT molecular complexity index is 2120. The van der Waals surface area contributed by atoms with Gasteiger partial charge < -0.3 is 30.4 Å². The first-order valence-corrected chi connectivity index (χ1v) is 22.0. The molecule has 0 aliphatic carbocycles. The number of hydrogen-bond donors (Lipinski definition) is 4. The number of amides is 2. The Labute approximate surface area is 354 Å². The number of carbonyl (C=O) groups is 2. The smallest absolute Gasteiger partial charge is 0.244 e. The second-order valence-corrected chi connectivity index (χ2v) is 16.2. The monoisotopic (exact) mass is 802 g/mol. The predicted octanol–water partition coefficient (Wildman–Crippen LogP) is 9.72. The zero-order valence-corrected chi connectivity index (χ0v) is 34.9. The van der Waals surface area contributed by atoms with E-state index in [4.69, 9.17) is 9.97 Å². The fourth-order valence-electron chi connectivity index (χ4n) is 8.78. The van der Waals surface area contributed by atoms with Crippen LogP contribution in [0.4, 0.5) is 0 Å². The molecule has 0 saturated carbocycles. The van der Waals surface area contributed by atoms with Gasteiger partial charge in [0.05, 0.1) is 35.9 Å². The van der Waals surface area contributed by atoms with Gasteiger partial charge in [-0.05, 0) is 85.0 Å². The fourth-order valence-corrected chi connectivity index (χ4v) is 8.78. The van der Waals surface area contributed by atoms with E-state index in [1.807, 2.05) is 82.9 Å². The molecule has 0 bridgehead atoms. The van der Waals surface area contributed by atoms with Crippen molar-refractivity contribution in [2.45, 2.75) is 89.4 Å². The van der Waals surface area contributed by atoms with Crippen LogP contribution in [0.25, 0.3) is 33.6 Å². The summed E-state index contributed by atoms with van der Waals surface area (Å²) in [7, 11) is 0. The molecule has 310 valence electrons. The van der Waals surface area contributed by atoms with Gasteiger partial charge >= 0.3 is 0 Å². The van der Waals surface area contributed by atoms with Crippen LogP contribution in [0.3, 0.4) is 0 Å². The minimum absolute atomic E-state index is 0.0848. The number of nitrogens with one attached hydrogen (secondary N) is 4. The van der Waals surface area contributed by atoms with Crippen LogP contribution in [0.1, 0.15) is 112 Å². The maximum absolute atomic E-state index is 14.1. The molecule has 2 aromatic heterocycles. The summed E-state index contributed by atoms with van der Waals surface area (Å²) in [6, 6.07) is 36.3. The quantitative estimate of drug-likeness (QED) is 0.0682. The van der Waals surface area contributed by atoms with Gasteiger partial charge in [0.1, 0.15) is 23.7 Å². The number of likely N-dealkylation sites (tertiary alicyclic amines) is 2. The van der Waals surface area contributed by atoms with Crippen LogP contribution >= 0.6 is 0 Å². The number of nitrogens with zero attached hydrogens (tertiary/aromatic N) is 4. The first kappa shape index (κ1) is 40.9. The van der Waals surface area contributed by atoms with Crippen molar-refractivity contribution in [1.29, 1.82) is 0 Å². The van der Waals surface area contributed by atoms with E-state index in [2.05, 4.69) is 83.0 Å². The molecule has 4 atom stereocenters. The molecule has 4 aromatic carbocycles. The number of hydrogen-bond acceptors (Lipinski definition) is 6. The molecule has 2 aliphatic heterocycles. The second kappa shape index (κ2) is 19.5. The average molecular weight is 803 g/mol. The number of rotatable bonds is 17. The van der Waals surface area contributed by atoms with Crippen LogP contribution in [-0.4, -0.2) is 67.7 Å². The highest BCUT2D eigenvalue weighted by Crippen LogP contribution is 2.36. The van der Waals surface area contributed by atoms with Gasteiger partial charge in [-0.2, -0.15) is 0 Å². The maximum Gasteiger partial charge on any atom is 0.244 e. The summed E-state index contributed by atoms with van der Waals surface area (Å²) < 4.78 is 0. The standard InChI is InChI=1S/C50H58N8O2/c1-3-5-29-51-45(39-15-9-7-10-16-39)49(59)57-31-13-19-43(57)47-53-33-41(55-47)37-25-21-35(22-26-37)36-23-27-38(28-24-36)42-34-54-48(56-42)44-20-14-32-58(44)50(60)46(52-30-6-4-2)40-17-11-8-12-18-40/h7-12,15-18,21-28,33-34,43-46,51-52H,3-6,13-14,19-20,29-32H2,1-2H3,(H,53,55)(H,54,56)/t43-,44?,45+,46+/m0/s1. The highest BCUT2D eigenvalue weighted by Gasteiger charge is 2.37. The van der Waals surface area contributed by atoms with Crippen LogP contribution in [-0.2, 0) is 9.59 Å². The average Bonchev–Trinajstić information content (AvgIpc) is 4.15. The number of aromatic nitrogens is 4. The molecule has 6 aromatic rings. The van der Waals surface area contributed by atoms with Crippen molar-refractivity contribution in [2.24, 2.45) is 0 Å². The normalized spacial score (nSPS) is 17.6. The summed E-state index contributed by atoms with van der Waals surface area (Å²) in [5.74, 6) is 1.88. The van der Waals surface area contributed by atoms with E-state index in [9.17, 15) is 9.59 Å². The number of imidazole rings is 2. The SMILES string of the molecule is CCCCN[C@@H](C(=O)N1CCCC1c1ncc(-c2ccc(-c3ccc(-c4cnc([C@@H]5CCCN5C(=O)[C@H](NCCCC)c5ccccc5)[nH]4)cc3)cc2)[nH]1)c1ccccc1. The zero-order chi connectivity index (χ0) is 41.3. The molecule has 4 N–H and O–H groups in total. The highest BCUT2D eigenvalue weighted by atomic mass is 16.2. The Morgan fingerprint density at radius 1 is 0.583 bits per heavy atom. The fraction of sp³-hybridized carbons (Fsp3) is 0.360. The van der Waals surface area contributed by atoms with Crippen LogP contribution in [0, 0.1) is 0 Å². The molecular formula is C50H58N8O2. The molecule has 10 heteroatoms. The third kappa shape index (κ3) is 9.15. The summed E-state index contributed by atoms with van der Waals surface area (Å²) in [4.78, 5) is 48.9. The van der Waals surface area contributed by atoms with Gasteiger partial charge in [0.15, 0.2) is 0 Å². The van der Waals surface area contributed by atoms with Crippen molar-refractivity contribution >= 4 is 11.8 Å². The third-order valence-electron chi connectivity index (χ3n) is 12.1. The van der Waals surface area contributed by atoms with Crippen LogP contribution in [0.5, 0.6) is 0 Å². The Morgan fingerprint density at radius 2 is 0.967 bits per heavy atom. The lowest BCUT2D eigenvalue weighted by Gasteiger charge is -2.29. The number of carbonyl (C=O) groups excluding carboxylic acids is 2. The summed E-state index contributed by atoms with van der Waals surface area (Å²) in [5, 5.41) is 7.07. The van der Waals surface area contributed by atoms with E-state index < -0.39 is 0 Å². The van der Waals surface area contributed by atoms with E-state index in [0.717, 1.165) is 134 Å². The molecule has 2 saturated heterocycles. The molecule has 1 unspecified atom stereocenters. The van der Waals surface area contributed by atoms with E-state index in [1.165, 1.54) is 0 Å². The van der Waals surface area contributed by atoms with E-state index in [1.54, 1.807) is 0 Å². The lowest BCUT2D eigenvalue weighted by Crippen LogP contribution is -2.41. The molecule has 10 nitrogen and oxygen atoms in total. The van der Waals surface area contributed by atoms with Crippen molar-refractivity contribution in [1.82, 2.24) is 40.4 Å². The van der Waals surface area contributed by atoms with Gasteiger partial charge in [-0.15, -0.1) is 0 Å². The van der Waals surface area contributed by atoms with Crippen molar-refractivity contribution in [3.63, 3.8) is 0 Å². The zero-order valence-electron chi connectivity index (χ0n) is 34.9. The number of benzene rings is 4. The van der Waals surface area contributed by atoms with Gasteiger partial charge in [0.25, 0.3) is 0 Å². The Morgan fingerprint density at radius 3 is 1.35 bits per heavy atom. The van der Waals surface area contributed by atoms with Crippen molar-refractivity contribution in [2.75, 3.05) is 26.2 Å².